The molecule has 0 aromatic carbocycles. The van der Waals surface area contributed by atoms with Crippen molar-refractivity contribution < 1.29 is 80.2 Å². The summed E-state index contributed by atoms with van der Waals surface area (Å²) in [5.41, 5.74) is 0. The summed E-state index contributed by atoms with van der Waals surface area (Å²) in [6.45, 7) is 11.9. The molecule has 596 valence electrons. The third-order valence-corrected chi connectivity index (χ3v) is 20.4. The fraction of sp³-hybridized carbons (Fsp3) is 0.902. The molecule has 5 atom stereocenters. The smallest absolute Gasteiger partial charge is 0.462 e. The second-order valence-corrected chi connectivity index (χ2v) is 33.2. The van der Waals surface area contributed by atoms with Crippen molar-refractivity contribution in [3.8, 4) is 0 Å². The Morgan fingerprint density at radius 2 is 0.535 bits per heavy atom. The van der Waals surface area contributed by atoms with Crippen molar-refractivity contribution in [1.82, 2.24) is 0 Å². The number of hydrogen-bond donors (Lipinski definition) is 3. The van der Waals surface area contributed by atoms with Crippen molar-refractivity contribution in [3.63, 3.8) is 0 Å². The molecule has 0 aliphatic rings. The van der Waals surface area contributed by atoms with Gasteiger partial charge in [-0.05, 0) is 69.1 Å². The van der Waals surface area contributed by atoms with Crippen LogP contribution in [-0.4, -0.2) is 96.7 Å². The molecule has 0 heterocycles. The average molecular weight is 1480 g/mol. The van der Waals surface area contributed by atoms with Crippen LogP contribution in [0.1, 0.15) is 402 Å². The normalized spacial score (nSPS) is 14.1. The molecule has 3 N–H and O–H groups in total. The quantitative estimate of drug-likeness (QED) is 0.0169. The van der Waals surface area contributed by atoms with Gasteiger partial charge in [0, 0.05) is 25.7 Å². The van der Waals surface area contributed by atoms with Gasteiger partial charge in [0.2, 0.25) is 0 Å². The minimum atomic E-state index is -4.97. The van der Waals surface area contributed by atoms with Gasteiger partial charge in [0.05, 0.1) is 26.4 Å². The molecule has 0 rings (SSSR count). The zero-order chi connectivity index (χ0) is 74.4. The number of carbonyl (C=O) groups is 4. The molecule has 17 nitrogen and oxygen atoms in total. The van der Waals surface area contributed by atoms with Gasteiger partial charge < -0.3 is 33.8 Å². The molecule has 0 amide bonds. The second-order valence-electron chi connectivity index (χ2n) is 30.3. The van der Waals surface area contributed by atoms with Crippen LogP contribution in [0.15, 0.2) is 24.3 Å². The van der Waals surface area contributed by atoms with E-state index >= 15 is 0 Å². The second kappa shape index (κ2) is 71.8. The summed E-state index contributed by atoms with van der Waals surface area (Å²) < 4.78 is 68.7. The van der Waals surface area contributed by atoms with E-state index in [0.717, 1.165) is 127 Å². The van der Waals surface area contributed by atoms with Crippen molar-refractivity contribution in [2.75, 3.05) is 39.6 Å². The van der Waals surface area contributed by atoms with Crippen molar-refractivity contribution in [3.05, 3.63) is 24.3 Å². The van der Waals surface area contributed by atoms with Gasteiger partial charge >= 0.3 is 39.5 Å². The molecular formula is C82H156O17P2. The fourth-order valence-electron chi connectivity index (χ4n) is 12.1. The number of aliphatic hydroxyl groups excluding tert-OH is 1. The predicted molar refractivity (Wildman–Crippen MR) is 414 cm³/mol. The summed E-state index contributed by atoms with van der Waals surface area (Å²) in [6.07, 6.45) is 63.3. The number of allylic oxidation sites excluding steroid dienone is 4. The number of unbranched alkanes of at least 4 members (excludes halogenated alkanes) is 43. The lowest BCUT2D eigenvalue weighted by molar-refractivity contribution is -0.161. The van der Waals surface area contributed by atoms with Gasteiger partial charge in [-0.25, -0.2) is 9.13 Å². The van der Waals surface area contributed by atoms with Crippen LogP contribution < -0.4 is 0 Å². The molecule has 0 radical (unpaired) electrons. The number of hydrogen-bond acceptors (Lipinski definition) is 15. The Morgan fingerprint density at radius 1 is 0.307 bits per heavy atom. The first kappa shape index (κ1) is 98.5. The maximum absolute atomic E-state index is 13.1. The highest BCUT2D eigenvalue weighted by Gasteiger charge is 2.30. The standard InChI is InChI=1S/C82H156O17P2/c1-8-9-10-11-12-13-14-15-20-24-27-35-42-49-56-63-79(84)92-69-77(98-81(86)65-58-51-44-36-28-25-22-19-17-16-18-21-23-26-32-39-46-53-60-73(2)3)71-96-100(88,89)94-67-76(83)68-95-101(90,91)97-72-78(70-93-80(85)64-57-50-43-38-31-34-41-48-55-62-75(6)7)99-82(87)66-59-52-45-37-30-29-33-40-47-54-61-74(4)5/h13-15,20,73-78,83H,8-12,16-19,21-72H2,1-7H3,(H,88,89)(H,90,91)/b14-13-,20-15-/t76-,77-,78-/m1/s1. The predicted octanol–water partition coefficient (Wildman–Crippen LogP) is 24.1. The maximum atomic E-state index is 13.1. The minimum absolute atomic E-state index is 0.101. The lowest BCUT2D eigenvalue weighted by Crippen LogP contribution is -2.30. The minimum Gasteiger partial charge on any atom is -0.462 e. The van der Waals surface area contributed by atoms with Gasteiger partial charge in [-0.1, -0.05) is 349 Å². The summed E-state index contributed by atoms with van der Waals surface area (Å²) in [5, 5.41) is 10.6. The highest BCUT2D eigenvalue weighted by molar-refractivity contribution is 7.47. The van der Waals surface area contributed by atoms with Crippen LogP contribution in [0.5, 0.6) is 0 Å². The number of phosphoric ester groups is 2. The SMILES string of the molecule is CCCCCC/C=C\C=C/CCCCCCCC(=O)OC[C@H](COP(=O)(O)OC[C@@H](O)COP(=O)(O)OC[C@@H](COC(=O)CCCCCCCCCCCC(C)C)OC(=O)CCCCCCCCCCCCC(C)C)OC(=O)CCCCCCCCCCCCCCCCCCCCC(C)C. The van der Waals surface area contributed by atoms with Crippen LogP contribution in [0.3, 0.4) is 0 Å². The average Bonchev–Trinajstić information content (AvgIpc) is 1.01. The van der Waals surface area contributed by atoms with E-state index in [1.54, 1.807) is 0 Å². The molecule has 0 aromatic heterocycles. The van der Waals surface area contributed by atoms with E-state index in [1.165, 1.54) is 193 Å². The van der Waals surface area contributed by atoms with Gasteiger partial charge in [-0.2, -0.15) is 0 Å². The number of ether oxygens (including phenoxy) is 4. The third-order valence-electron chi connectivity index (χ3n) is 18.5. The first-order valence-electron chi connectivity index (χ1n) is 41.7. The highest BCUT2D eigenvalue weighted by Crippen LogP contribution is 2.45. The molecule has 19 heteroatoms. The van der Waals surface area contributed by atoms with Gasteiger partial charge in [0.25, 0.3) is 0 Å². The number of aliphatic hydroxyl groups is 1. The van der Waals surface area contributed by atoms with E-state index < -0.39 is 97.5 Å². The Balaban J connectivity index is 5.27. The molecule has 2 unspecified atom stereocenters. The molecule has 0 spiro atoms. The number of esters is 4. The van der Waals surface area contributed by atoms with Crippen molar-refractivity contribution in [2.24, 2.45) is 17.8 Å². The Bertz CT molecular complexity index is 2050. The van der Waals surface area contributed by atoms with Crippen molar-refractivity contribution >= 4 is 39.5 Å². The Hall–Kier alpha value is -2.46. The number of rotatable bonds is 78. The summed E-state index contributed by atoms with van der Waals surface area (Å²) in [7, 11) is -9.93. The van der Waals surface area contributed by atoms with Crippen molar-refractivity contribution in [2.45, 2.75) is 420 Å². The molecule has 0 saturated carbocycles. The lowest BCUT2D eigenvalue weighted by atomic mass is 10.0. The first-order chi connectivity index (χ1) is 48.7. The number of phosphoric acid groups is 2. The van der Waals surface area contributed by atoms with E-state index in [2.05, 4.69) is 72.8 Å². The van der Waals surface area contributed by atoms with Gasteiger partial charge in [-0.15, -0.1) is 0 Å². The maximum Gasteiger partial charge on any atom is 0.472 e. The van der Waals surface area contributed by atoms with E-state index in [0.29, 0.717) is 25.7 Å². The van der Waals surface area contributed by atoms with Crippen LogP contribution in [0.25, 0.3) is 0 Å². The largest absolute Gasteiger partial charge is 0.472 e. The van der Waals surface area contributed by atoms with Crippen LogP contribution in [0.2, 0.25) is 0 Å². The molecule has 0 aliphatic carbocycles. The topological polar surface area (TPSA) is 237 Å². The van der Waals surface area contributed by atoms with Gasteiger partial charge in [0.1, 0.15) is 19.3 Å². The molecular weight excluding hydrogens is 1320 g/mol. The van der Waals surface area contributed by atoms with E-state index in [4.69, 9.17) is 37.0 Å². The van der Waals surface area contributed by atoms with E-state index in [1.807, 2.05) is 0 Å². The van der Waals surface area contributed by atoms with Crippen LogP contribution in [0, 0.1) is 17.8 Å². The first-order valence-corrected chi connectivity index (χ1v) is 44.7. The molecule has 101 heavy (non-hydrogen) atoms. The summed E-state index contributed by atoms with van der Waals surface area (Å²) in [4.78, 5) is 73.0. The summed E-state index contributed by atoms with van der Waals surface area (Å²) in [6, 6.07) is 0. The van der Waals surface area contributed by atoms with Crippen molar-refractivity contribution in [1.29, 1.82) is 0 Å². The molecule has 0 bridgehead atoms. The monoisotopic (exact) mass is 1480 g/mol. The van der Waals surface area contributed by atoms with E-state index in [9.17, 15) is 43.2 Å². The number of carbonyl (C=O) groups excluding carboxylic acids is 4. The van der Waals surface area contributed by atoms with Gasteiger partial charge in [-0.3, -0.25) is 37.3 Å². The summed E-state index contributed by atoms with van der Waals surface area (Å²) >= 11 is 0. The molecule has 0 aromatic rings. The molecule has 0 saturated heterocycles. The Labute approximate surface area is 618 Å². The highest BCUT2D eigenvalue weighted by atomic mass is 31.2. The summed E-state index contributed by atoms with van der Waals surface area (Å²) in [5.74, 6) is 0.171. The molecule has 0 fully saturated rings. The lowest BCUT2D eigenvalue weighted by Gasteiger charge is -2.21. The van der Waals surface area contributed by atoms with Crippen LogP contribution >= 0.6 is 15.6 Å². The third kappa shape index (κ3) is 75.6. The van der Waals surface area contributed by atoms with Crippen LogP contribution in [-0.2, 0) is 65.4 Å². The fourth-order valence-corrected chi connectivity index (χ4v) is 13.7. The Kier molecular flexibility index (Phi) is 70.0. The zero-order valence-electron chi connectivity index (χ0n) is 65.9. The van der Waals surface area contributed by atoms with E-state index in [-0.39, 0.29) is 25.7 Å². The van der Waals surface area contributed by atoms with Gasteiger partial charge in [0.15, 0.2) is 12.2 Å². The zero-order valence-corrected chi connectivity index (χ0v) is 67.6. The Morgan fingerprint density at radius 3 is 0.802 bits per heavy atom. The van der Waals surface area contributed by atoms with Crippen LogP contribution in [0.4, 0.5) is 0 Å². The molecule has 0 aliphatic heterocycles.